The molecule has 1 heterocycles. The topological polar surface area (TPSA) is 179 Å². The summed E-state index contributed by atoms with van der Waals surface area (Å²) in [5, 5.41) is 17.1. The molecule has 3 amide bonds. The van der Waals surface area contributed by atoms with Crippen molar-refractivity contribution in [3.8, 4) is 0 Å². The van der Waals surface area contributed by atoms with Crippen molar-refractivity contribution in [2.75, 3.05) is 6.54 Å². The number of aromatic amines is 1. The van der Waals surface area contributed by atoms with Crippen LogP contribution in [0.2, 0.25) is 0 Å². The first-order valence-electron chi connectivity index (χ1n) is 9.85. The van der Waals surface area contributed by atoms with E-state index in [1.807, 2.05) is 13.8 Å². The van der Waals surface area contributed by atoms with Crippen molar-refractivity contribution < 1.29 is 24.3 Å². The molecule has 0 spiro atoms. The van der Waals surface area contributed by atoms with Gasteiger partial charge in [-0.2, -0.15) is 0 Å². The van der Waals surface area contributed by atoms with Gasteiger partial charge in [0.05, 0.1) is 12.9 Å². The van der Waals surface area contributed by atoms with Gasteiger partial charge < -0.3 is 31.8 Å². The van der Waals surface area contributed by atoms with Crippen molar-refractivity contribution >= 4 is 23.7 Å². The van der Waals surface area contributed by atoms with Gasteiger partial charge in [0.25, 0.3) is 0 Å². The van der Waals surface area contributed by atoms with Gasteiger partial charge in [-0.05, 0) is 18.3 Å². The predicted molar refractivity (Wildman–Crippen MR) is 109 cm³/mol. The fourth-order valence-electron chi connectivity index (χ4n) is 2.82. The Hall–Kier alpha value is -2.95. The first-order chi connectivity index (χ1) is 14.0. The van der Waals surface area contributed by atoms with Crippen LogP contribution in [0, 0.1) is 11.8 Å². The number of H-pyrrole nitrogens is 1. The quantitative estimate of drug-likeness (QED) is 0.253. The molecule has 0 saturated carbocycles. The number of nitrogens with two attached hydrogens (primary N) is 1. The number of carbonyl (C=O) groups is 4. The molecule has 3 unspecified atom stereocenters. The van der Waals surface area contributed by atoms with E-state index in [9.17, 15) is 24.3 Å². The molecule has 0 fully saturated rings. The fraction of sp³-hybridized carbons (Fsp3) is 0.632. The van der Waals surface area contributed by atoms with Crippen LogP contribution in [0.3, 0.4) is 0 Å². The number of aliphatic carboxylic acids is 1. The van der Waals surface area contributed by atoms with Crippen molar-refractivity contribution in [2.45, 2.75) is 58.7 Å². The van der Waals surface area contributed by atoms with Gasteiger partial charge in [-0.1, -0.05) is 27.7 Å². The molecule has 0 aliphatic heterocycles. The number of carboxylic acid groups (broad SMARTS) is 1. The molecule has 7 N–H and O–H groups in total. The molecular weight excluding hydrogens is 392 g/mol. The lowest BCUT2D eigenvalue weighted by Gasteiger charge is -2.26. The number of imidazole rings is 1. The minimum atomic E-state index is -1.21. The third kappa shape index (κ3) is 8.19. The van der Waals surface area contributed by atoms with E-state index in [0.29, 0.717) is 12.1 Å². The van der Waals surface area contributed by atoms with E-state index < -0.39 is 41.8 Å². The maximum Gasteiger partial charge on any atom is 0.326 e. The highest BCUT2D eigenvalue weighted by Crippen LogP contribution is 2.09. The molecule has 1 aromatic heterocycles. The lowest BCUT2D eigenvalue weighted by Crippen LogP contribution is -2.57. The first-order valence-corrected chi connectivity index (χ1v) is 9.85. The smallest absolute Gasteiger partial charge is 0.326 e. The van der Waals surface area contributed by atoms with Crippen LogP contribution in [0.5, 0.6) is 0 Å². The summed E-state index contributed by atoms with van der Waals surface area (Å²) in [6.45, 7) is 7.00. The van der Waals surface area contributed by atoms with Gasteiger partial charge in [0.1, 0.15) is 18.1 Å². The molecule has 0 aliphatic carbocycles. The summed E-state index contributed by atoms with van der Waals surface area (Å²) >= 11 is 0. The maximum atomic E-state index is 12.8. The Labute approximate surface area is 175 Å². The molecule has 11 heteroatoms. The minimum absolute atomic E-state index is 0.0184. The second-order valence-electron chi connectivity index (χ2n) is 7.86. The zero-order chi connectivity index (χ0) is 22.8. The SMILES string of the molecule is CC(C)CC(NC(=O)C(NC(=O)CN)C(C)C)C(=O)NC(Cc1cnc[nH]1)C(=O)O. The van der Waals surface area contributed by atoms with Crippen molar-refractivity contribution in [2.24, 2.45) is 17.6 Å². The standard InChI is InChI=1S/C19H32N6O5/c1-10(2)5-13(23-18(28)16(11(3)4)25-15(26)7-20)17(27)24-14(19(29)30)6-12-8-21-9-22-12/h8-11,13-14,16H,5-7,20H2,1-4H3,(H,21,22)(H,23,28)(H,24,27)(H,25,26)(H,29,30). The highest BCUT2D eigenvalue weighted by Gasteiger charge is 2.31. The van der Waals surface area contributed by atoms with Crippen LogP contribution in [0.25, 0.3) is 0 Å². The van der Waals surface area contributed by atoms with Gasteiger partial charge in [0, 0.05) is 18.3 Å². The molecule has 3 atom stereocenters. The van der Waals surface area contributed by atoms with Crippen LogP contribution < -0.4 is 21.7 Å². The Morgan fingerprint density at radius 2 is 1.70 bits per heavy atom. The molecule has 0 aromatic carbocycles. The summed E-state index contributed by atoms with van der Waals surface area (Å²) in [5.41, 5.74) is 5.86. The third-order valence-electron chi connectivity index (χ3n) is 4.38. The molecule has 0 radical (unpaired) electrons. The van der Waals surface area contributed by atoms with Gasteiger partial charge >= 0.3 is 5.97 Å². The Kier molecular flexibility index (Phi) is 9.96. The Bertz CT molecular complexity index is 719. The highest BCUT2D eigenvalue weighted by atomic mass is 16.4. The fourth-order valence-corrected chi connectivity index (χ4v) is 2.82. The minimum Gasteiger partial charge on any atom is -0.480 e. The molecule has 1 rings (SSSR count). The second-order valence-corrected chi connectivity index (χ2v) is 7.86. The number of amides is 3. The normalized spacial score (nSPS) is 14.1. The third-order valence-corrected chi connectivity index (χ3v) is 4.38. The average Bonchev–Trinajstić information content (AvgIpc) is 3.16. The van der Waals surface area contributed by atoms with Crippen LogP contribution in [0.1, 0.15) is 39.8 Å². The van der Waals surface area contributed by atoms with Gasteiger partial charge in [-0.25, -0.2) is 9.78 Å². The van der Waals surface area contributed by atoms with Crippen LogP contribution >= 0.6 is 0 Å². The maximum absolute atomic E-state index is 12.8. The lowest BCUT2D eigenvalue weighted by atomic mass is 9.99. The van der Waals surface area contributed by atoms with E-state index in [2.05, 4.69) is 25.9 Å². The molecule has 1 aromatic rings. The van der Waals surface area contributed by atoms with Crippen molar-refractivity contribution in [3.63, 3.8) is 0 Å². The molecule has 0 saturated heterocycles. The Balaban J connectivity index is 2.92. The zero-order valence-corrected chi connectivity index (χ0v) is 17.8. The molecule has 0 bridgehead atoms. The number of carbonyl (C=O) groups excluding carboxylic acids is 3. The van der Waals surface area contributed by atoms with E-state index in [-0.39, 0.29) is 24.8 Å². The summed E-state index contributed by atoms with van der Waals surface area (Å²) in [6.07, 6.45) is 3.20. The summed E-state index contributed by atoms with van der Waals surface area (Å²) in [4.78, 5) is 55.4. The first kappa shape index (κ1) is 25.1. The van der Waals surface area contributed by atoms with Crippen LogP contribution in [-0.4, -0.2) is 63.4 Å². The summed E-state index contributed by atoms with van der Waals surface area (Å²) in [6, 6.07) is -3.02. The number of aromatic nitrogens is 2. The van der Waals surface area contributed by atoms with Crippen molar-refractivity contribution in [1.29, 1.82) is 0 Å². The van der Waals surface area contributed by atoms with E-state index in [4.69, 9.17) is 5.73 Å². The van der Waals surface area contributed by atoms with Gasteiger partial charge in [0.2, 0.25) is 17.7 Å². The highest BCUT2D eigenvalue weighted by molar-refractivity contribution is 5.93. The number of nitrogens with zero attached hydrogens (tertiary/aromatic N) is 1. The molecular formula is C19H32N6O5. The molecule has 168 valence electrons. The molecule has 0 aliphatic rings. The molecule has 11 nitrogen and oxygen atoms in total. The summed E-state index contributed by atoms with van der Waals surface area (Å²) in [7, 11) is 0. The summed E-state index contributed by atoms with van der Waals surface area (Å²) in [5.74, 6) is -3.03. The lowest BCUT2D eigenvalue weighted by molar-refractivity contribution is -0.142. The van der Waals surface area contributed by atoms with Crippen LogP contribution in [0.15, 0.2) is 12.5 Å². The van der Waals surface area contributed by atoms with E-state index >= 15 is 0 Å². The average molecular weight is 425 g/mol. The number of rotatable bonds is 12. The number of nitrogens with one attached hydrogen (secondary N) is 4. The van der Waals surface area contributed by atoms with Crippen LogP contribution in [0.4, 0.5) is 0 Å². The number of hydrogen-bond donors (Lipinski definition) is 6. The van der Waals surface area contributed by atoms with Crippen LogP contribution in [-0.2, 0) is 25.6 Å². The van der Waals surface area contributed by atoms with Gasteiger partial charge in [0.15, 0.2) is 0 Å². The predicted octanol–water partition coefficient (Wildman–Crippen LogP) is -0.848. The Morgan fingerprint density at radius 3 is 2.17 bits per heavy atom. The number of carboxylic acids is 1. The summed E-state index contributed by atoms with van der Waals surface area (Å²) < 4.78 is 0. The second kappa shape index (κ2) is 11.9. The van der Waals surface area contributed by atoms with E-state index in [0.717, 1.165) is 0 Å². The van der Waals surface area contributed by atoms with Gasteiger partial charge in [-0.3, -0.25) is 14.4 Å². The van der Waals surface area contributed by atoms with E-state index in [1.54, 1.807) is 13.8 Å². The number of hydrogen-bond acceptors (Lipinski definition) is 6. The van der Waals surface area contributed by atoms with Crippen molar-refractivity contribution in [1.82, 2.24) is 25.9 Å². The van der Waals surface area contributed by atoms with Crippen molar-refractivity contribution in [3.05, 3.63) is 18.2 Å². The van der Waals surface area contributed by atoms with Gasteiger partial charge in [-0.15, -0.1) is 0 Å². The monoisotopic (exact) mass is 424 g/mol. The Morgan fingerprint density at radius 1 is 1.07 bits per heavy atom. The van der Waals surface area contributed by atoms with E-state index in [1.165, 1.54) is 12.5 Å². The largest absolute Gasteiger partial charge is 0.480 e. The zero-order valence-electron chi connectivity index (χ0n) is 17.8. The molecule has 30 heavy (non-hydrogen) atoms.